The van der Waals surface area contributed by atoms with E-state index >= 15 is 0 Å². The molecule has 0 bridgehead atoms. The predicted molar refractivity (Wildman–Crippen MR) is 183 cm³/mol. The van der Waals surface area contributed by atoms with Crippen LogP contribution in [0.15, 0.2) is 97.3 Å². The third kappa shape index (κ3) is 6.38. The van der Waals surface area contributed by atoms with Gasteiger partial charge >= 0.3 is 0 Å². The van der Waals surface area contributed by atoms with Gasteiger partial charge in [0.2, 0.25) is 11.8 Å². The monoisotopic (exact) mass is 638 g/mol. The van der Waals surface area contributed by atoms with E-state index in [2.05, 4.69) is 31.8 Å². The summed E-state index contributed by atoms with van der Waals surface area (Å²) in [6.07, 6.45) is 6.97. The Bertz CT molecular complexity index is 1940. The molecule has 2 aliphatic rings. The number of nitrogens with two attached hydrogens (primary N) is 2. The van der Waals surface area contributed by atoms with Gasteiger partial charge in [0, 0.05) is 18.7 Å². The lowest BCUT2D eigenvalue weighted by Crippen LogP contribution is -2.38. The summed E-state index contributed by atoms with van der Waals surface area (Å²) in [6.45, 7) is 1.31. The maximum atomic E-state index is 13.3. The van der Waals surface area contributed by atoms with Crippen LogP contribution in [0.2, 0.25) is 0 Å². The Morgan fingerprint density at radius 3 is 1.77 bits per heavy atom. The van der Waals surface area contributed by atoms with Crippen molar-refractivity contribution in [3.8, 4) is 23.1 Å². The lowest BCUT2D eigenvalue weighted by molar-refractivity contribution is -0.134. The normalized spacial score (nSPS) is 18.7. The lowest BCUT2D eigenvalue weighted by Gasteiger charge is -2.26. The van der Waals surface area contributed by atoms with E-state index in [9.17, 15) is 9.59 Å². The molecule has 0 saturated carbocycles. The van der Waals surface area contributed by atoms with Crippen LogP contribution in [0.5, 0.6) is 0 Å². The third-order valence-electron chi connectivity index (χ3n) is 9.28. The molecule has 4 atom stereocenters. The van der Waals surface area contributed by atoms with Crippen LogP contribution in [0, 0.1) is 11.8 Å². The summed E-state index contributed by atoms with van der Waals surface area (Å²) >= 11 is 0. The van der Waals surface area contributed by atoms with Gasteiger partial charge in [0.05, 0.1) is 30.2 Å². The van der Waals surface area contributed by atoms with Crippen molar-refractivity contribution in [1.82, 2.24) is 29.7 Å². The van der Waals surface area contributed by atoms with Crippen LogP contribution < -0.4 is 11.5 Å². The van der Waals surface area contributed by atoms with Gasteiger partial charge in [0.25, 0.3) is 0 Å². The summed E-state index contributed by atoms with van der Waals surface area (Å²) in [5.41, 5.74) is 17.7. The largest absolute Gasteiger partial charge is 0.340 e. The van der Waals surface area contributed by atoms with E-state index in [-0.39, 0.29) is 23.9 Å². The van der Waals surface area contributed by atoms with E-state index in [0.29, 0.717) is 18.8 Å². The van der Waals surface area contributed by atoms with Crippen molar-refractivity contribution in [3.05, 3.63) is 131 Å². The minimum atomic E-state index is -0.706. The summed E-state index contributed by atoms with van der Waals surface area (Å²) in [5.74, 6) is 7.68. The van der Waals surface area contributed by atoms with Gasteiger partial charge in [0.15, 0.2) is 0 Å². The van der Waals surface area contributed by atoms with Gasteiger partial charge in [-0.3, -0.25) is 9.59 Å². The topological polar surface area (TPSA) is 150 Å². The Morgan fingerprint density at radius 1 is 0.688 bits per heavy atom. The number of benzene rings is 3. The van der Waals surface area contributed by atoms with Crippen molar-refractivity contribution in [3.63, 3.8) is 0 Å². The summed E-state index contributed by atoms with van der Waals surface area (Å²) in [6, 6.07) is 25.2. The van der Waals surface area contributed by atoms with Gasteiger partial charge in [0.1, 0.15) is 29.4 Å². The summed E-state index contributed by atoms with van der Waals surface area (Å²) < 4.78 is 0. The number of imidazole rings is 2. The fourth-order valence-corrected chi connectivity index (χ4v) is 6.69. The molecule has 0 unspecified atom stereocenters. The zero-order chi connectivity index (χ0) is 33.0. The number of aromatic nitrogens is 4. The van der Waals surface area contributed by atoms with E-state index in [1.807, 2.05) is 101 Å². The van der Waals surface area contributed by atoms with Crippen molar-refractivity contribution in [2.24, 2.45) is 11.5 Å². The molecule has 0 radical (unpaired) electrons. The highest BCUT2D eigenvalue weighted by Crippen LogP contribution is 2.34. The second kappa shape index (κ2) is 13.7. The van der Waals surface area contributed by atoms with Crippen molar-refractivity contribution in [1.29, 1.82) is 0 Å². The van der Waals surface area contributed by atoms with Gasteiger partial charge in [-0.1, -0.05) is 78.7 Å². The second-order valence-electron chi connectivity index (χ2n) is 12.3. The number of nitrogens with one attached hydrogen (secondary N) is 2. The number of carbonyl (C=O) groups is 2. The first-order chi connectivity index (χ1) is 23.5. The number of hydrogen-bond donors (Lipinski definition) is 4. The highest BCUT2D eigenvalue weighted by atomic mass is 16.2. The Kier molecular flexibility index (Phi) is 8.88. The Balaban J connectivity index is 0.995. The average Bonchev–Trinajstić information content (AvgIpc) is 3.97. The molecule has 6 N–H and O–H groups in total. The molecule has 3 aromatic carbocycles. The zero-order valence-electron chi connectivity index (χ0n) is 26.5. The Labute approximate surface area is 279 Å². The van der Waals surface area contributed by atoms with Crippen LogP contribution in [0.3, 0.4) is 0 Å². The summed E-state index contributed by atoms with van der Waals surface area (Å²) in [5, 5.41) is 0. The first kappa shape index (κ1) is 31.1. The molecule has 48 heavy (non-hydrogen) atoms. The van der Waals surface area contributed by atoms with Crippen molar-refractivity contribution < 1.29 is 9.59 Å². The SMILES string of the molecule is N[C@@H](C(=O)N1CCC[C@H]1c1ncc(C#Cc2ccc(-c3cnc([C@@H]4CCCN4C(=O)[C@H](N)c4ccccc4)[nH]3)cc2)[nH]1)c1ccccc1. The molecule has 5 aromatic rings. The fraction of sp³-hybridized carbons (Fsp3) is 0.263. The van der Waals surface area contributed by atoms with E-state index in [4.69, 9.17) is 11.5 Å². The summed E-state index contributed by atoms with van der Waals surface area (Å²) in [4.78, 5) is 46.2. The number of hydrogen-bond acceptors (Lipinski definition) is 6. The van der Waals surface area contributed by atoms with E-state index < -0.39 is 12.1 Å². The van der Waals surface area contributed by atoms with Gasteiger partial charge in [-0.15, -0.1) is 0 Å². The number of H-pyrrole nitrogens is 2. The van der Waals surface area contributed by atoms with Crippen LogP contribution in [-0.4, -0.2) is 54.6 Å². The lowest BCUT2D eigenvalue weighted by atomic mass is 10.1. The number of nitrogens with zero attached hydrogens (tertiary/aromatic N) is 4. The first-order valence-corrected chi connectivity index (χ1v) is 16.4. The van der Waals surface area contributed by atoms with Crippen LogP contribution in [0.4, 0.5) is 0 Å². The van der Waals surface area contributed by atoms with Crippen molar-refractivity contribution >= 4 is 11.8 Å². The van der Waals surface area contributed by atoms with Gasteiger partial charge in [-0.05, 0) is 60.4 Å². The molecule has 2 saturated heterocycles. The van der Waals surface area contributed by atoms with Gasteiger partial charge in [-0.25, -0.2) is 9.97 Å². The zero-order valence-corrected chi connectivity index (χ0v) is 26.5. The molecule has 0 aliphatic carbocycles. The van der Waals surface area contributed by atoms with E-state index in [1.54, 1.807) is 6.20 Å². The van der Waals surface area contributed by atoms with Crippen LogP contribution in [-0.2, 0) is 9.59 Å². The molecule has 2 aliphatic heterocycles. The smallest absolute Gasteiger partial charge is 0.244 e. The number of rotatable bonds is 7. The minimum Gasteiger partial charge on any atom is -0.340 e. The van der Waals surface area contributed by atoms with E-state index in [1.165, 1.54) is 0 Å². The maximum absolute atomic E-state index is 13.3. The molecular weight excluding hydrogens is 600 g/mol. The first-order valence-electron chi connectivity index (χ1n) is 16.4. The molecule has 10 heteroatoms. The van der Waals surface area contributed by atoms with Gasteiger partial charge in [-0.2, -0.15) is 0 Å². The van der Waals surface area contributed by atoms with Crippen LogP contribution in [0.1, 0.15) is 83.9 Å². The molecule has 7 rings (SSSR count). The minimum absolute atomic E-state index is 0.0877. The maximum Gasteiger partial charge on any atom is 0.244 e. The van der Waals surface area contributed by atoms with Crippen molar-refractivity contribution in [2.75, 3.05) is 13.1 Å². The number of carbonyl (C=O) groups excluding carboxylic acids is 2. The van der Waals surface area contributed by atoms with E-state index in [0.717, 1.165) is 65.3 Å². The summed E-state index contributed by atoms with van der Waals surface area (Å²) in [7, 11) is 0. The molecule has 0 spiro atoms. The quantitative estimate of drug-likeness (QED) is 0.186. The van der Waals surface area contributed by atoms with Gasteiger partial charge < -0.3 is 31.2 Å². The molecule has 2 aromatic heterocycles. The standard InChI is InChI=1S/C38H38N8O2/c39-33(27-9-3-1-4-10-27)37(47)45-21-7-13-31(45)35-41-23-29(43-35)20-17-25-15-18-26(19-16-25)30-24-42-36(44-30)32-14-8-22-46(32)38(48)34(40)28-11-5-2-6-12-28/h1-6,9-12,15-16,18-19,23-24,31-34H,7-8,13-14,21-22,39-40H2,(H,41,43)(H,42,44)/t31-,32-,33+,34+/m0/s1. The highest BCUT2D eigenvalue weighted by Gasteiger charge is 2.36. The Hall–Kier alpha value is -5.50. The molecule has 2 fully saturated rings. The molecule has 2 amide bonds. The molecule has 10 nitrogen and oxygen atoms in total. The number of amides is 2. The average molecular weight is 639 g/mol. The van der Waals surface area contributed by atoms with Crippen LogP contribution >= 0.6 is 0 Å². The highest BCUT2D eigenvalue weighted by molar-refractivity contribution is 5.84. The molecule has 242 valence electrons. The third-order valence-corrected chi connectivity index (χ3v) is 9.28. The second-order valence-corrected chi connectivity index (χ2v) is 12.3. The number of likely N-dealkylation sites (tertiary alicyclic amines) is 2. The number of aromatic amines is 2. The Morgan fingerprint density at radius 2 is 1.21 bits per heavy atom. The molecule has 4 heterocycles. The fourth-order valence-electron chi connectivity index (χ4n) is 6.69. The van der Waals surface area contributed by atoms with Crippen LogP contribution in [0.25, 0.3) is 11.3 Å². The molecular formula is C38H38N8O2. The predicted octanol–water partition coefficient (Wildman–Crippen LogP) is 4.93. The van der Waals surface area contributed by atoms with Crippen molar-refractivity contribution in [2.45, 2.75) is 49.9 Å².